The Bertz CT molecular complexity index is 1340. The first-order chi connectivity index (χ1) is 17.7. The van der Waals surface area contributed by atoms with Gasteiger partial charge in [-0.3, -0.25) is 4.79 Å². The van der Waals surface area contributed by atoms with Crippen molar-refractivity contribution in [2.24, 2.45) is 0 Å². The Kier molecular flexibility index (Phi) is 6.41. The maximum atomic E-state index is 12.9. The zero-order valence-electron chi connectivity index (χ0n) is 20.5. The summed E-state index contributed by atoms with van der Waals surface area (Å²) in [7, 11) is 0. The number of rotatable bonds is 5. The van der Waals surface area contributed by atoms with E-state index < -0.39 is 0 Å². The van der Waals surface area contributed by atoms with E-state index in [-0.39, 0.29) is 11.8 Å². The van der Waals surface area contributed by atoms with Crippen molar-refractivity contribution in [3.8, 4) is 5.69 Å². The van der Waals surface area contributed by atoms with Crippen molar-refractivity contribution in [2.75, 3.05) is 44.3 Å². The molecule has 0 saturated carbocycles. The number of aromatic nitrogens is 4. The first-order valence-electron chi connectivity index (χ1n) is 12.6. The normalized spacial score (nSPS) is 17.1. The van der Waals surface area contributed by atoms with Crippen molar-refractivity contribution in [1.82, 2.24) is 24.6 Å². The molecule has 0 unspecified atom stereocenters. The first kappa shape index (κ1) is 23.1. The van der Waals surface area contributed by atoms with Gasteiger partial charge in [-0.2, -0.15) is 5.10 Å². The minimum absolute atomic E-state index is 0.195. The molecule has 0 bridgehead atoms. The van der Waals surface area contributed by atoms with E-state index in [1.165, 1.54) is 0 Å². The summed E-state index contributed by atoms with van der Waals surface area (Å²) in [6.45, 7) is 6.37. The zero-order chi connectivity index (χ0) is 24.5. The minimum Gasteiger partial charge on any atom is -0.381 e. The Morgan fingerprint density at radius 2 is 1.81 bits per heavy atom. The molecule has 0 radical (unpaired) electrons. The van der Waals surface area contributed by atoms with Gasteiger partial charge >= 0.3 is 0 Å². The molecular formula is C27H30N6O2S. The molecule has 4 aromatic rings. The number of anilines is 1. The summed E-state index contributed by atoms with van der Waals surface area (Å²) in [5.74, 6) is 2.27. The van der Waals surface area contributed by atoms with E-state index in [1.807, 2.05) is 52.2 Å². The second-order valence-corrected chi connectivity index (χ2v) is 10.5. The monoisotopic (exact) mass is 502 g/mol. The van der Waals surface area contributed by atoms with Crippen LogP contribution in [0.2, 0.25) is 0 Å². The third-order valence-electron chi connectivity index (χ3n) is 7.13. The molecule has 36 heavy (non-hydrogen) atoms. The van der Waals surface area contributed by atoms with Crippen molar-refractivity contribution >= 4 is 34.1 Å². The quantitative estimate of drug-likeness (QED) is 0.411. The van der Waals surface area contributed by atoms with Gasteiger partial charge < -0.3 is 14.5 Å². The summed E-state index contributed by atoms with van der Waals surface area (Å²) < 4.78 is 7.55. The number of para-hydroxylation sites is 1. The Morgan fingerprint density at radius 1 is 1.03 bits per heavy atom. The smallest absolute Gasteiger partial charge is 0.227 e. The molecule has 0 atom stereocenters. The molecule has 2 aliphatic rings. The standard InChI is InChI=1S/C27H30N6O2S/c1-19-24-26(32-13-11-31(12-14-32)23(34)18-22-8-5-17-36-22)28-25(20-9-15-35-16-10-20)29-27(24)33(30-19)21-6-3-2-4-7-21/h2-8,17,20H,9-16,18H2,1H3. The molecule has 0 aliphatic carbocycles. The number of hydrogen-bond acceptors (Lipinski definition) is 7. The van der Waals surface area contributed by atoms with E-state index in [1.54, 1.807) is 11.3 Å². The molecule has 3 aromatic heterocycles. The van der Waals surface area contributed by atoms with Gasteiger partial charge in [-0.1, -0.05) is 24.3 Å². The Morgan fingerprint density at radius 3 is 2.53 bits per heavy atom. The van der Waals surface area contributed by atoms with Crippen LogP contribution in [0.1, 0.15) is 35.2 Å². The second kappa shape index (κ2) is 9.99. The lowest BCUT2D eigenvalue weighted by molar-refractivity contribution is -0.130. The summed E-state index contributed by atoms with van der Waals surface area (Å²) in [5, 5.41) is 7.90. The zero-order valence-corrected chi connectivity index (χ0v) is 21.3. The van der Waals surface area contributed by atoms with Crippen LogP contribution < -0.4 is 4.90 Å². The molecule has 5 heterocycles. The maximum absolute atomic E-state index is 12.9. The van der Waals surface area contributed by atoms with E-state index in [2.05, 4.69) is 17.0 Å². The number of hydrogen-bond donors (Lipinski definition) is 0. The summed E-state index contributed by atoms with van der Waals surface area (Å²) >= 11 is 1.64. The van der Waals surface area contributed by atoms with E-state index in [4.69, 9.17) is 19.8 Å². The van der Waals surface area contributed by atoms with Crippen molar-refractivity contribution in [3.05, 3.63) is 64.2 Å². The summed E-state index contributed by atoms with van der Waals surface area (Å²) in [6, 6.07) is 14.2. The van der Waals surface area contributed by atoms with Crippen LogP contribution in [0, 0.1) is 6.92 Å². The number of carbonyl (C=O) groups is 1. The van der Waals surface area contributed by atoms with Crippen LogP contribution in [0.25, 0.3) is 16.7 Å². The SMILES string of the molecule is Cc1nn(-c2ccccc2)c2nc(C3CCOCC3)nc(N3CCN(C(=O)Cc4cccs4)CC3)c12. The van der Waals surface area contributed by atoms with Gasteiger partial charge in [0.1, 0.15) is 11.6 Å². The van der Waals surface area contributed by atoms with E-state index in [0.717, 1.165) is 78.1 Å². The van der Waals surface area contributed by atoms with E-state index >= 15 is 0 Å². The molecule has 1 aromatic carbocycles. The van der Waals surface area contributed by atoms with E-state index in [0.29, 0.717) is 19.5 Å². The Labute approximate surface area is 214 Å². The molecular weight excluding hydrogens is 472 g/mol. The van der Waals surface area contributed by atoms with Crippen LogP contribution in [-0.2, 0) is 16.0 Å². The highest BCUT2D eigenvalue weighted by atomic mass is 32.1. The summed E-state index contributed by atoms with van der Waals surface area (Å²) in [6.07, 6.45) is 2.33. The molecule has 0 spiro atoms. The summed E-state index contributed by atoms with van der Waals surface area (Å²) in [4.78, 5) is 28.5. The number of nitrogens with zero attached hydrogens (tertiary/aromatic N) is 6. The van der Waals surface area contributed by atoms with Gasteiger partial charge in [0.2, 0.25) is 5.91 Å². The molecule has 2 aliphatic heterocycles. The van der Waals surface area contributed by atoms with Gasteiger partial charge in [0.05, 0.1) is 23.2 Å². The molecule has 0 N–H and O–H groups in total. The van der Waals surface area contributed by atoms with Gasteiger partial charge in [-0.15, -0.1) is 11.3 Å². The highest BCUT2D eigenvalue weighted by Crippen LogP contribution is 2.33. The van der Waals surface area contributed by atoms with Crippen LogP contribution >= 0.6 is 11.3 Å². The van der Waals surface area contributed by atoms with Crippen molar-refractivity contribution in [2.45, 2.75) is 32.1 Å². The predicted octanol–water partition coefficient (Wildman–Crippen LogP) is 3.97. The van der Waals surface area contributed by atoms with Crippen molar-refractivity contribution < 1.29 is 9.53 Å². The molecule has 2 fully saturated rings. The highest BCUT2D eigenvalue weighted by molar-refractivity contribution is 7.10. The fourth-order valence-electron chi connectivity index (χ4n) is 5.14. The number of amides is 1. The molecule has 1 amide bonds. The number of ether oxygens (including phenoxy) is 1. The third kappa shape index (κ3) is 4.49. The number of piperazine rings is 1. The lowest BCUT2D eigenvalue weighted by Crippen LogP contribution is -2.49. The lowest BCUT2D eigenvalue weighted by atomic mass is 9.99. The third-order valence-corrected chi connectivity index (χ3v) is 8.00. The Hall–Kier alpha value is -3.30. The molecule has 8 nitrogen and oxygen atoms in total. The van der Waals surface area contributed by atoms with Gasteiger partial charge in [0, 0.05) is 50.2 Å². The maximum Gasteiger partial charge on any atom is 0.227 e. The van der Waals surface area contributed by atoms with Crippen LogP contribution in [0.3, 0.4) is 0 Å². The van der Waals surface area contributed by atoms with Gasteiger partial charge in [0.15, 0.2) is 5.65 Å². The van der Waals surface area contributed by atoms with Gasteiger partial charge in [0.25, 0.3) is 0 Å². The number of benzene rings is 1. The number of thiophene rings is 1. The number of carbonyl (C=O) groups excluding carboxylic acids is 1. The highest BCUT2D eigenvalue weighted by Gasteiger charge is 2.28. The van der Waals surface area contributed by atoms with Crippen LogP contribution in [0.4, 0.5) is 5.82 Å². The largest absolute Gasteiger partial charge is 0.381 e. The molecule has 6 rings (SSSR count). The van der Waals surface area contributed by atoms with Crippen LogP contribution in [0.15, 0.2) is 47.8 Å². The number of fused-ring (bicyclic) bond motifs is 1. The topological polar surface area (TPSA) is 76.4 Å². The first-order valence-corrected chi connectivity index (χ1v) is 13.5. The molecule has 2 saturated heterocycles. The Balaban J connectivity index is 1.33. The van der Waals surface area contributed by atoms with Crippen molar-refractivity contribution in [1.29, 1.82) is 0 Å². The van der Waals surface area contributed by atoms with Crippen molar-refractivity contribution in [3.63, 3.8) is 0 Å². The van der Waals surface area contributed by atoms with Gasteiger partial charge in [-0.05, 0) is 43.3 Å². The molecule has 9 heteroatoms. The minimum atomic E-state index is 0.195. The van der Waals surface area contributed by atoms with Gasteiger partial charge in [-0.25, -0.2) is 14.6 Å². The predicted molar refractivity (Wildman–Crippen MR) is 141 cm³/mol. The average Bonchev–Trinajstić information content (AvgIpc) is 3.57. The average molecular weight is 503 g/mol. The number of aryl methyl sites for hydroxylation is 1. The molecule has 186 valence electrons. The fraction of sp³-hybridized carbons (Fsp3) is 0.407. The van der Waals surface area contributed by atoms with Crippen LogP contribution in [-0.4, -0.2) is 69.9 Å². The van der Waals surface area contributed by atoms with Crippen LogP contribution in [0.5, 0.6) is 0 Å². The lowest BCUT2D eigenvalue weighted by Gasteiger charge is -2.36. The second-order valence-electron chi connectivity index (χ2n) is 9.45. The summed E-state index contributed by atoms with van der Waals surface area (Å²) in [5.41, 5.74) is 2.75. The van der Waals surface area contributed by atoms with E-state index in [9.17, 15) is 4.79 Å². The fourth-order valence-corrected chi connectivity index (χ4v) is 5.83.